The lowest BCUT2D eigenvalue weighted by molar-refractivity contribution is 0.529. The van der Waals surface area contributed by atoms with Crippen LogP contribution in [0.4, 0.5) is 0 Å². The van der Waals surface area contributed by atoms with Crippen molar-refractivity contribution in [3.8, 4) is 11.5 Å². The first kappa shape index (κ1) is 12.0. The van der Waals surface area contributed by atoms with Gasteiger partial charge in [0.2, 0.25) is 5.89 Å². The van der Waals surface area contributed by atoms with E-state index in [9.17, 15) is 0 Å². The Morgan fingerprint density at radius 2 is 1.68 bits per heavy atom. The molecule has 1 aromatic heterocycles. The highest BCUT2D eigenvalue weighted by atomic mass is 35.5. The van der Waals surface area contributed by atoms with Crippen LogP contribution in [0.25, 0.3) is 11.5 Å². The molecule has 0 atom stereocenters. The highest BCUT2D eigenvalue weighted by Gasteiger charge is 2.06. The van der Waals surface area contributed by atoms with Gasteiger partial charge in [0.15, 0.2) is 0 Å². The summed E-state index contributed by atoms with van der Waals surface area (Å²) in [6.07, 6.45) is 2.49. The second-order valence-electron chi connectivity index (χ2n) is 4.30. The van der Waals surface area contributed by atoms with Crippen molar-refractivity contribution in [2.24, 2.45) is 0 Å². The van der Waals surface area contributed by atoms with Crippen LogP contribution < -0.4 is 0 Å². The van der Waals surface area contributed by atoms with Gasteiger partial charge in [-0.05, 0) is 29.8 Å². The van der Waals surface area contributed by atoms with Crippen molar-refractivity contribution in [2.75, 3.05) is 0 Å². The van der Waals surface area contributed by atoms with E-state index in [2.05, 4.69) is 4.98 Å². The molecule has 94 valence electrons. The fourth-order valence-corrected chi connectivity index (χ4v) is 2.03. The smallest absolute Gasteiger partial charge is 0.226 e. The molecule has 0 aliphatic rings. The summed E-state index contributed by atoms with van der Waals surface area (Å²) in [5.74, 6) is 1.51. The molecule has 0 N–H and O–H groups in total. The molecule has 0 saturated heterocycles. The average molecular weight is 270 g/mol. The molecular formula is C16H12ClNO. The normalized spacial score (nSPS) is 10.6. The molecule has 0 aliphatic heterocycles. The van der Waals surface area contributed by atoms with Gasteiger partial charge in [0.1, 0.15) is 5.76 Å². The lowest BCUT2D eigenvalue weighted by Gasteiger charge is -1.98. The quantitative estimate of drug-likeness (QED) is 0.695. The summed E-state index contributed by atoms with van der Waals surface area (Å²) in [5, 5.41) is 0.742. The molecule has 3 heteroatoms. The number of nitrogens with zero attached hydrogens (tertiary/aromatic N) is 1. The van der Waals surface area contributed by atoms with Crippen molar-refractivity contribution in [1.29, 1.82) is 0 Å². The van der Waals surface area contributed by atoms with Crippen molar-refractivity contribution < 1.29 is 4.42 Å². The number of aromatic nitrogens is 1. The molecule has 0 fully saturated rings. The maximum Gasteiger partial charge on any atom is 0.226 e. The monoisotopic (exact) mass is 269 g/mol. The van der Waals surface area contributed by atoms with Gasteiger partial charge < -0.3 is 4.42 Å². The van der Waals surface area contributed by atoms with E-state index in [1.807, 2.05) is 54.6 Å². The van der Waals surface area contributed by atoms with E-state index >= 15 is 0 Å². The summed E-state index contributed by atoms with van der Waals surface area (Å²) in [6.45, 7) is 0. The van der Waals surface area contributed by atoms with Gasteiger partial charge in [-0.1, -0.05) is 41.9 Å². The van der Waals surface area contributed by atoms with E-state index in [1.165, 1.54) is 0 Å². The van der Waals surface area contributed by atoms with Crippen molar-refractivity contribution in [2.45, 2.75) is 6.42 Å². The Balaban J connectivity index is 1.80. The molecule has 0 amide bonds. The minimum absolute atomic E-state index is 0.657. The van der Waals surface area contributed by atoms with E-state index < -0.39 is 0 Å². The Hall–Kier alpha value is -2.06. The van der Waals surface area contributed by atoms with Crippen LogP contribution in [-0.2, 0) is 6.42 Å². The Labute approximate surface area is 116 Å². The fourth-order valence-electron chi connectivity index (χ4n) is 1.91. The van der Waals surface area contributed by atoms with E-state index in [0.717, 1.165) is 28.3 Å². The van der Waals surface area contributed by atoms with Crippen LogP contribution in [0.5, 0.6) is 0 Å². The second kappa shape index (κ2) is 5.29. The summed E-state index contributed by atoms with van der Waals surface area (Å²) in [4.78, 5) is 4.31. The molecule has 0 aliphatic carbocycles. The lowest BCUT2D eigenvalue weighted by Crippen LogP contribution is -1.84. The molecule has 3 rings (SSSR count). The predicted molar refractivity (Wildman–Crippen MR) is 76.2 cm³/mol. The first-order valence-electron chi connectivity index (χ1n) is 6.06. The molecule has 1 heterocycles. The Kier molecular flexibility index (Phi) is 3.34. The third kappa shape index (κ3) is 2.85. The van der Waals surface area contributed by atoms with Gasteiger partial charge in [-0.15, -0.1) is 0 Å². The SMILES string of the molecule is Clc1ccc(Cc2cnc(-c3ccccc3)o2)cc1. The van der Waals surface area contributed by atoms with E-state index in [4.69, 9.17) is 16.0 Å². The van der Waals surface area contributed by atoms with Gasteiger partial charge in [-0.3, -0.25) is 0 Å². The maximum absolute atomic E-state index is 5.86. The molecule has 0 unspecified atom stereocenters. The van der Waals surface area contributed by atoms with Gasteiger partial charge in [-0.25, -0.2) is 4.98 Å². The summed E-state index contributed by atoms with van der Waals surface area (Å²) in [6, 6.07) is 17.6. The van der Waals surface area contributed by atoms with Crippen LogP contribution >= 0.6 is 11.6 Å². The van der Waals surface area contributed by atoms with Gasteiger partial charge in [-0.2, -0.15) is 0 Å². The Morgan fingerprint density at radius 3 is 2.42 bits per heavy atom. The second-order valence-corrected chi connectivity index (χ2v) is 4.74. The van der Waals surface area contributed by atoms with Gasteiger partial charge >= 0.3 is 0 Å². The van der Waals surface area contributed by atoms with Crippen molar-refractivity contribution in [3.05, 3.63) is 77.1 Å². The first-order chi connectivity index (χ1) is 9.31. The molecule has 0 saturated carbocycles. The van der Waals surface area contributed by atoms with Crippen LogP contribution in [0.1, 0.15) is 11.3 Å². The van der Waals surface area contributed by atoms with Crippen LogP contribution in [-0.4, -0.2) is 4.98 Å². The number of oxazole rings is 1. The third-order valence-corrected chi connectivity index (χ3v) is 3.12. The highest BCUT2D eigenvalue weighted by molar-refractivity contribution is 6.30. The summed E-state index contributed by atoms with van der Waals surface area (Å²) in [5.41, 5.74) is 2.14. The maximum atomic E-state index is 5.86. The Bertz CT molecular complexity index is 659. The summed E-state index contributed by atoms with van der Waals surface area (Å²) < 4.78 is 5.76. The van der Waals surface area contributed by atoms with Crippen molar-refractivity contribution >= 4 is 11.6 Å². The lowest BCUT2D eigenvalue weighted by atomic mass is 10.1. The summed E-state index contributed by atoms with van der Waals surface area (Å²) in [7, 11) is 0. The van der Waals surface area contributed by atoms with Crippen LogP contribution in [0.3, 0.4) is 0 Å². The fraction of sp³-hybridized carbons (Fsp3) is 0.0625. The Morgan fingerprint density at radius 1 is 0.947 bits per heavy atom. The largest absolute Gasteiger partial charge is 0.441 e. The zero-order chi connectivity index (χ0) is 13.1. The van der Waals surface area contributed by atoms with Crippen molar-refractivity contribution in [1.82, 2.24) is 4.98 Å². The van der Waals surface area contributed by atoms with E-state index in [-0.39, 0.29) is 0 Å². The molecule has 19 heavy (non-hydrogen) atoms. The number of rotatable bonds is 3. The molecule has 3 aromatic rings. The zero-order valence-corrected chi connectivity index (χ0v) is 11.0. The standard InChI is InChI=1S/C16H12ClNO/c17-14-8-6-12(7-9-14)10-15-11-18-16(19-15)13-4-2-1-3-5-13/h1-9,11H,10H2. The van der Waals surface area contributed by atoms with E-state index in [1.54, 1.807) is 6.20 Å². The zero-order valence-electron chi connectivity index (χ0n) is 10.2. The predicted octanol–water partition coefficient (Wildman–Crippen LogP) is 4.59. The van der Waals surface area contributed by atoms with E-state index in [0.29, 0.717) is 5.89 Å². The first-order valence-corrected chi connectivity index (χ1v) is 6.43. The molecule has 2 aromatic carbocycles. The molecule has 2 nitrogen and oxygen atoms in total. The van der Waals surface area contributed by atoms with Gasteiger partial charge in [0, 0.05) is 17.0 Å². The molecule has 0 radical (unpaired) electrons. The minimum Gasteiger partial charge on any atom is -0.441 e. The molecular weight excluding hydrogens is 258 g/mol. The van der Waals surface area contributed by atoms with Crippen LogP contribution in [0.2, 0.25) is 5.02 Å². The minimum atomic E-state index is 0.657. The van der Waals surface area contributed by atoms with Gasteiger partial charge in [0.25, 0.3) is 0 Å². The molecule has 0 spiro atoms. The van der Waals surface area contributed by atoms with Crippen molar-refractivity contribution in [3.63, 3.8) is 0 Å². The number of hydrogen-bond donors (Lipinski definition) is 0. The van der Waals surface area contributed by atoms with Crippen LogP contribution in [0.15, 0.2) is 65.2 Å². The molecule has 0 bridgehead atoms. The number of benzene rings is 2. The highest BCUT2D eigenvalue weighted by Crippen LogP contribution is 2.20. The third-order valence-electron chi connectivity index (χ3n) is 2.87. The average Bonchev–Trinajstić information content (AvgIpc) is 2.91. The number of halogens is 1. The number of hydrogen-bond acceptors (Lipinski definition) is 2. The van der Waals surface area contributed by atoms with Gasteiger partial charge in [0.05, 0.1) is 6.20 Å². The topological polar surface area (TPSA) is 26.0 Å². The summed E-state index contributed by atoms with van der Waals surface area (Å²) >= 11 is 5.86. The van der Waals surface area contributed by atoms with Crippen LogP contribution in [0, 0.1) is 0 Å².